The highest BCUT2D eigenvalue weighted by atomic mass is 16.2. The van der Waals surface area contributed by atoms with Gasteiger partial charge < -0.3 is 10.6 Å². The van der Waals surface area contributed by atoms with E-state index in [0.29, 0.717) is 17.4 Å². The van der Waals surface area contributed by atoms with Crippen LogP contribution in [0.25, 0.3) is 0 Å². The van der Waals surface area contributed by atoms with Gasteiger partial charge >= 0.3 is 6.03 Å². The fourth-order valence-electron chi connectivity index (χ4n) is 6.69. The van der Waals surface area contributed by atoms with Crippen LogP contribution in [-0.4, -0.2) is 12.1 Å². The second-order valence-corrected chi connectivity index (χ2v) is 9.38. The molecule has 3 heteroatoms. The maximum atomic E-state index is 12.3. The number of urea groups is 1. The van der Waals surface area contributed by atoms with E-state index in [-0.39, 0.29) is 6.03 Å². The Balaban J connectivity index is 1.28. The van der Waals surface area contributed by atoms with E-state index in [4.69, 9.17) is 0 Å². The van der Waals surface area contributed by atoms with Crippen molar-refractivity contribution in [3.8, 4) is 0 Å². The van der Waals surface area contributed by atoms with Crippen LogP contribution in [0.15, 0.2) is 12.3 Å². The van der Waals surface area contributed by atoms with E-state index in [1.165, 1.54) is 70.6 Å². The van der Waals surface area contributed by atoms with Crippen LogP contribution in [0, 0.1) is 29.1 Å². The normalized spacial score (nSPS) is 40.0. The maximum Gasteiger partial charge on any atom is 0.318 e. The minimum Gasteiger partial charge on any atom is -0.335 e. The molecule has 5 saturated carbocycles. The van der Waals surface area contributed by atoms with Crippen LogP contribution < -0.4 is 10.6 Å². The number of carbonyl (C=O) groups is 1. The molecular weight excluding hydrogens is 296 g/mol. The summed E-state index contributed by atoms with van der Waals surface area (Å²) in [6, 6.07) is 0.291. The van der Waals surface area contributed by atoms with Crippen molar-refractivity contribution < 1.29 is 4.79 Å². The first kappa shape index (κ1) is 16.5. The van der Waals surface area contributed by atoms with Crippen LogP contribution in [0.4, 0.5) is 4.79 Å². The second kappa shape index (κ2) is 6.72. The summed E-state index contributed by atoms with van der Waals surface area (Å²) in [6.07, 6.45) is 19.1. The summed E-state index contributed by atoms with van der Waals surface area (Å²) in [7, 11) is 0. The molecule has 1 atom stereocenters. The Hall–Kier alpha value is -0.990. The van der Waals surface area contributed by atoms with Gasteiger partial charge in [0.1, 0.15) is 0 Å². The largest absolute Gasteiger partial charge is 0.335 e. The second-order valence-electron chi connectivity index (χ2n) is 9.38. The van der Waals surface area contributed by atoms with Crippen molar-refractivity contribution in [2.75, 3.05) is 0 Å². The highest BCUT2D eigenvalue weighted by Crippen LogP contribution is 2.61. The molecule has 5 fully saturated rings. The first-order valence-corrected chi connectivity index (χ1v) is 10.4. The van der Waals surface area contributed by atoms with Crippen molar-refractivity contribution in [2.24, 2.45) is 29.1 Å². The molecule has 2 amide bonds. The predicted molar refractivity (Wildman–Crippen MR) is 97.4 cm³/mol. The van der Waals surface area contributed by atoms with Gasteiger partial charge in [0.15, 0.2) is 0 Å². The number of amides is 2. The van der Waals surface area contributed by atoms with Crippen LogP contribution in [0.1, 0.15) is 77.6 Å². The zero-order valence-corrected chi connectivity index (χ0v) is 15.2. The molecule has 134 valence electrons. The van der Waals surface area contributed by atoms with Gasteiger partial charge in [-0.15, -0.1) is 0 Å². The highest BCUT2D eigenvalue weighted by molar-refractivity contribution is 5.75. The Bertz CT molecular complexity index is 457. The number of hydrogen-bond acceptors (Lipinski definition) is 1. The van der Waals surface area contributed by atoms with E-state index < -0.39 is 0 Å². The summed E-state index contributed by atoms with van der Waals surface area (Å²) in [5.74, 6) is 3.49. The molecular formula is C21H34N2O. The van der Waals surface area contributed by atoms with Crippen LogP contribution in [0.5, 0.6) is 0 Å². The van der Waals surface area contributed by atoms with Crippen LogP contribution >= 0.6 is 0 Å². The van der Waals surface area contributed by atoms with Gasteiger partial charge in [-0.25, -0.2) is 4.79 Å². The minimum absolute atomic E-state index is 0.00898. The lowest BCUT2D eigenvalue weighted by atomic mass is 9.48. The van der Waals surface area contributed by atoms with Gasteiger partial charge in [0, 0.05) is 12.2 Å². The lowest BCUT2D eigenvalue weighted by Crippen LogP contribution is -2.56. The van der Waals surface area contributed by atoms with Crippen molar-refractivity contribution >= 4 is 6.03 Å². The quantitative estimate of drug-likeness (QED) is 0.749. The molecule has 0 aliphatic heterocycles. The topological polar surface area (TPSA) is 41.1 Å². The molecule has 1 unspecified atom stereocenters. The minimum atomic E-state index is -0.00898. The van der Waals surface area contributed by atoms with Gasteiger partial charge in [0.2, 0.25) is 0 Å². The Labute approximate surface area is 147 Å². The third-order valence-electron chi connectivity index (χ3n) is 7.58. The number of nitrogens with one attached hydrogen (secondary N) is 2. The van der Waals surface area contributed by atoms with Crippen molar-refractivity contribution in [2.45, 2.75) is 83.6 Å². The first-order valence-electron chi connectivity index (χ1n) is 10.4. The average Bonchev–Trinajstić information content (AvgIpc) is 2.54. The SMILES string of the molecule is CC(NC(=O)N/C=C/C1CCCCC1)C12CC3CC(CC(C3)C1)C2. The lowest BCUT2D eigenvalue weighted by Gasteiger charge is -2.59. The van der Waals surface area contributed by atoms with E-state index in [1.807, 2.05) is 6.20 Å². The van der Waals surface area contributed by atoms with Gasteiger partial charge in [0.25, 0.3) is 0 Å². The van der Waals surface area contributed by atoms with Crippen LogP contribution in [-0.2, 0) is 0 Å². The molecule has 0 aromatic carbocycles. The molecule has 0 aromatic rings. The van der Waals surface area contributed by atoms with Gasteiger partial charge in [-0.2, -0.15) is 0 Å². The summed E-state index contributed by atoms with van der Waals surface area (Å²) in [4.78, 5) is 12.3. The van der Waals surface area contributed by atoms with E-state index in [1.54, 1.807) is 0 Å². The summed E-state index contributed by atoms with van der Waals surface area (Å²) in [6.45, 7) is 2.25. The van der Waals surface area contributed by atoms with E-state index in [9.17, 15) is 4.79 Å². The molecule has 0 saturated heterocycles. The van der Waals surface area contributed by atoms with E-state index >= 15 is 0 Å². The summed E-state index contributed by atoms with van der Waals surface area (Å²) < 4.78 is 0. The Morgan fingerprint density at radius 2 is 1.58 bits per heavy atom. The maximum absolute atomic E-state index is 12.3. The zero-order chi connectivity index (χ0) is 16.6. The number of carbonyl (C=O) groups excluding carboxylic acids is 1. The third kappa shape index (κ3) is 3.36. The molecule has 2 N–H and O–H groups in total. The molecule has 3 nitrogen and oxygen atoms in total. The number of rotatable bonds is 4. The van der Waals surface area contributed by atoms with E-state index in [2.05, 4.69) is 23.6 Å². The Morgan fingerprint density at radius 1 is 1.00 bits per heavy atom. The fraction of sp³-hybridized carbons (Fsp3) is 0.857. The molecule has 5 aliphatic rings. The fourth-order valence-corrected chi connectivity index (χ4v) is 6.69. The molecule has 5 rings (SSSR count). The van der Waals surface area contributed by atoms with Crippen molar-refractivity contribution in [3.63, 3.8) is 0 Å². The van der Waals surface area contributed by atoms with Gasteiger partial charge in [-0.3, -0.25) is 0 Å². The molecule has 0 radical (unpaired) electrons. The van der Waals surface area contributed by atoms with E-state index in [0.717, 1.165) is 17.8 Å². The standard InChI is InChI=1S/C21H34N2O/c1-15(21-12-17-9-18(13-21)11-19(10-17)14-21)23-20(24)22-8-7-16-5-3-2-4-6-16/h7-8,15-19H,2-6,9-14H2,1H3,(H2,22,23,24)/b8-7+. The zero-order valence-electron chi connectivity index (χ0n) is 15.2. The van der Waals surface area contributed by atoms with Crippen molar-refractivity contribution in [1.82, 2.24) is 10.6 Å². The smallest absolute Gasteiger partial charge is 0.318 e. The Morgan fingerprint density at radius 3 is 2.17 bits per heavy atom. The molecule has 0 spiro atoms. The third-order valence-corrected chi connectivity index (χ3v) is 7.58. The molecule has 24 heavy (non-hydrogen) atoms. The summed E-state index contributed by atoms with van der Waals surface area (Å²) in [5.41, 5.74) is 0.388. The van der Waals surface area contributed by atoms with Gasteiger partial charge in [-0.1, -0.05) is 25.3 Å². The predicted octanol–water partition coefficient (Wildman–Crippen LogP) is 4.98. The Kier molecular flexibility index (Phi) is 4.62. The van der Waals surface area contributed by atoms with Crippen LogP contribution in [0.2, 0.25) is 0 Å². The monoisotopic (exact) mass is 330 g/mol. The lowest BCUT2D eigenvalue weighted by molar-refractivity contribution is -0.0681. The van der Waals surface area contributed by atoms with Crippen molar-refractivity contribution in [1.29, 1.82) is 0 Å². The molecule has 4 bridgehead atoms. The average molecular weight is 331 g/mol. The molecule has 0 heterocycles. The number of hydrogen-bond donors (Lipinski definition) is 2. The summed E-state index contributed by atoms with van der Waals surface area (Å²) in [5, 5.41) is 6.24. The first-order chi connectivity index (χ1) is 11.6. The van der Waals surface area contributed by atoms with Crippen LogP contribution in [0.3, 0.4) is 0 Å². The van der Waals surface area contributed by atoms with Gasteiger partial charge in [-0.05, 0) is 87.4 Å². The molecule has 0 aromatic heterocycles. The van der Waals surface area contributed by atoms with Crippen molar-refractivity contribution in [3.05, 3.63) is 12.3 Å². The molecule has 5 aliphatic carbocycles. The number of allylic oxidation sites excluding steroid dienone is 1. The van der Waals surface area contributed by atoms with Gasteiger partial charge in [0.05, 0.1) is 0 Å². The summed E-state index contributed by atoms with van der Waals surface area (Å²) >= 11 is 0. The highest BCUT2D eigenvalue weighted by Gasteiger charge is 2.53.